The summed E-state index contributed by atoms with van der Waals surface area (Å²) in [5.74, 6) is 0.388. The van der Waals surface area contributed by atoms with Crippen molar-refractivity contribution in [3.63, 3.8) is 0 Å². The lowest BCUT2D eigenvalue weighted by Gasteiger charge is -2.26. The van der Waals surface area contributed by atoms with E-state index in [0.717, 1.165) is 27.7 Å². The highest BCUT2D eigenvalue weighted by Crippen LogP contribution is 2.31. The summed E-state index contributed by atoms with van der Waals surface area (Å²) in [7, 11) is -3.48. The number of nitrogens with one attached hydrogen (secondary N) is 1. The van der Waals surface area contributed by atoms with Crippen LogP contribution in [0.25, 0.3) is 10.9 Å². The Balaban J connectivity index is 1.69. The Hall–Kier alpha value is -2.11. The minimum Gasteiger partial charge on any atom is -0.358 e. The van der Waals surface area contributed by atoms with Crippen LogP contribution in [-0.4, -0.2) is 24.3 Å². The van der Waals surface area contributed by atoms with Crippen LogP contribution in [-0.2, 0) is 23.0 Å². The van der Waals surface area contributed by atoms with Crippen molar-refractivity contribution in [2.75, 3.05) is 6.54 Å². The Labute approximate surface area is 154 Å². The minimum absolute atomic E-state index is 0.376. The first-order chi connectivity index (χ1) is 12.4. The van der Waals surface area contributed by atoms with Crippen LogP contribution >= 0.6 is 0 Å². The molecule has 0 unspecified atom stereocenters. The maximum atomic E-state index is 13.1. The van der Waals surface area contributed by atoms with E-state index in [1.54, 1.807) is 16.4 Å². The summed E-state index contributed by atoms with van der Waals surface area (Å²) in [6, 6.07) is 13.6. The quantitative estimate of drug-likeness (QED) is 0.747. The van der Waals surface area contributed by atoms with Crippen molar-refractivity contribution >= 4 is 20.9 Å². The summed E-state index contributed by atoms with van der Waals surface area (Å²) in [4.78, 5) is 3.83. The lowest BCUT2D eigenvalue weighted by molar-refractivity contribution is 0.391. The van der Waals surface area contributed by atoms with Crippen LogP contribution in [0.4, 0.5) is 0 Å². The molecule has 4 rings (SSSR count). The molecule has 0 aliphatic carbocycles. The van der Waals surface area contributed by atoms with E-state index in [0.29, 0.717) is 30.3 Å². The van der Waals surface area contributed by atoms with Crippen LogP contribution < -0.4 is 0 Å². The molecule has 1 aliphatic heterocycles. The first kappa shape index (κ1) is 17.3. The van der Waals surface area contributed by atoms with Crippen molar-refractivity contribution in [3.8, 4) is 0 Å². The molecule has 4 nitrogen and oxygen atoms in total. The Bertz CT molecular complexity index is 1060. The number of hydrogen-bond acceptors (Lipinski definition) is 2. The van der Waals surface area contributed by atoms with Gasteiger partial charge in [0.25, 0.3) is 0 Å². The number of nitrogens with zero attached hydrogens (tertiary/aromatic N) is 1. The Kier molecular flexibility index (Phi) is 4.16. The molecule has 0 saturated heterocycles. The van der Waals surface area contributed by atoms with E-state index in [-0.39, 0.29) is 0 Å². The zero-order valence-corrected chi connectivity index (χ0v) is 16.2. The Morgan fingerprint density at radius 1 is 1.08 bits per heavy atom. The maximum absolute atomic E-state index is 13.1. The molecule has 0 atom stereocenters. The fraction of sp³-hybridized carbons (Fsp3) is 0.333. The largest absolute Gasteiger partial charge is 0.358 e. The molecule has 2 heterocycles. The molecule has 1 aliphatic rings. The fourth-order valence-corrected chi connectivity index (χ4v) is 5.09. The lowest BCUT2D eigenvalue weighted by Crippen LogP contribution is -2.35. The van der Waals surface area contributed by atoms with E-state index in [1.165, 1.54) is 5.56 Å². The molecule has 0 radical (unpaired) electrons. The molecule has 26 heavy (non-hydrogen) atoms. The highest BCUT2D eigenvalue weighted by Gasteiger charge is 2.30. The predicted molar refractivity (Wildman–Crippen MR) is 105 cm³/mol. The minimum atomic E-state index is -3.48. The first-order valence-electron chi connectivity index (χ1n) is 9.06. The molecule has 0 saturated carbocycles. The molecule has 1 aromatic heterocycles. The van der Waals surface area contributed by atoms with Gasteiger partial charge in [-0.05, 0) is 48.2 Å². The van der Waals surface area contributed by atoms with Gasteiger partial charge in [0.1, 0.15) is 0 Å². The molecule has 0 amide bonds. The molecule has 0 spiro atoms. The van der Waals surface area contributed by atoms with Crippen molar-refractivity contribution in [2.24, 2.45) is 0 Å². The van der Waals surface area contributed by atoms with Gasteiger partial charge in [-0.1, -0.05) is 37.6 Å². The summed E-state index contributed by atoms with van der Waals surface area (Å²) < 4.78 is 27.8. The number of aromatic nitrogens is 1. The molecule has 136 valence electrons. The number of H-pyrrole nitrogens is 1. The number of aryl methyl sites for hydroxylation is 1. The maximum Gasteiger partial charge on any atom is 0.243 e. The third kappa shape index (κ3) is 2.85. The normalized spacial score (nSPS) is 15.5. The van der Waals surface area contributed by atoms with Gasteiger partial charge in [0.05, 0.1) is 4.90 Å². The summed E-state index contributed by atoms with van der Waals surface area (Å²) >= 11 is 0. The van der Waals surface area contributed by atoms with Gasteiger partial charge in [0, 0.05) is 36.1 Å². The van der Waals surface area contributed by atoms with E-state index < -0.39 is 10.0 Å². The van der Waals surface area contributed by atoms with Crippen LogP contribution in [0.1, 0.15) is 42.1 Å². The van der Waals surface area contributed by atoms with Crippen LogP contribution in [0.2, 0.25) is 0 Å². The highest BCUT2D eigenvalue weighted by molar-refractivity contribution is 7.89. The SMILES string of the molecule is Cc1ccc2[nH]c3c(c2c1)CN(S(=O)(=O)c1ccc(C(C)C)cc1)CC3. The molecule has 5 heteroatoms. The van der Waals surface area contributed by atoms with Gasteiger partial charge in [-0.3, -0.25) is 0 Å². The average Bonchev–Trinajstić information content (AvgIpc) is 2.99. The zero-order valence-electron chi connectivity index (χ0n) is 15.4. The van der Waals surface area contributed by atoms with E-state index >= 15 is 0 Å². The van der Waals surface area contributed by atoms with E-state index in [4.69, 9.17) is 0 Å². The van der Waals surface area contributed by atoms with Gasteiger partial charge in [0.15, 0.2) is 0 Å². The summed E-state index contributed by atoms with van der Waals surface area (Å²) in [5, 5.41) is 1.13. The molecule has 0 fully saturated rings. The predicted octanol–water partition coefficient (Wildman–Crippen LogP) is 4.35. The van der Waals surface area contributed by atoms with E-state index in [1.807, 2.05) is 12.1 Å². The molecule has 1 N–H and O–H groups in total. The Morgan fingerprint density at radius 2 is 1.81 bits per heavy atom. The van der Waals surface area contributed by atoms with Crippen molar-refractivity contribution in [2.45, 2.75) is 44.6 Å². The van der Waals surface area contributed by atoms with Crippen LogP contribution in [0.5, 0.6) is 0 Å². The lowest BCUT2D eigenvalue weighted by atomic mass is 10.0. The monoisotopic (exact) mass is 368 g/mol. The standard InChI is InChI=1S/C21H24N2O2S/c1-14(2)16-5-7-17(8-6-16)26(24,25)23-11-10-21-19(13-23)18-12-15(3)4-9-20(18)22-21/h4-9,12,14,22H,10-11,13H2,1-3H3. The van der Waals surface area contributed by atoms with E-state index in [2.05, 4.69) is 44.0 Å². The van der Waals surface area contributed by atoms with Gasteiger partial charge in [-0.2, -0.15) is 4.31 Å². The second-order valence-corrected chi connectivity index (χ2v) is 9.38. The van der Waals surface area contributed by atoms with Crippen molar-refractivity contribution in [1.82, 2.24) is 9.29 Å². The van der Waals surface area contributed by atoms with E-state index in [9.17, 15) is 8.42 Å². The molecule has 3 aromatic rings. The summed E-state index contributed by atoms with van der Waals surface area (Å²) in [6.07, 6.45) is 0.715. The number of rotatable bonds is 3. The number of benzene rings is 2. The van der Waals surface area contributed by atoms with Crippen molar-refractivity contribution in [3.05, 3.63) is 64.8 Å². The second kappa shape index (κ2) is 6.25. The van der Waals surface area contributed by atoms with Crippen molar-refractivity contribution < 1.29 is 8.42 Å². The van der Waals surface area contributed by atoms with Gasteiger partial charge in [-0.15, -0.1) is 0 Å². The van der Waals surface area contributed by atoms with Gasteiger partial charge in [0.2, 0.25) is 10.0 Å². The average molecular weight is 369 g/mol. The van der Waals surface area contributed by atoms with Crippen LogP contribution in [0.15, 0.2) is 47.4 Å². The number of sulfonamides is 1. The van der Waals surface area contributed by atoms with Crippen LogP contribution in [0, 0.1) is 6.92 Å². The third-order valence-electron chi connectivity index (χ3n) is 5.28. The molecule has 0 bridgehead atoms. The van der Waals surface area contributed by atoms with Gasteiger partial charge >= 0.3 is 0 Å². The zero-order chi connectivity index (χ0) is 18.5. The number of hydrogen-bond donors (Lipinski definition) is 1. The van der Waals surface area contributed by atoms with Crippen molar-refractivity contribution in [1.29, 1.82) is 0 Å². The second-order valence-electron chi connectivity index (χ2n) is 7.44. The number of fused-ring (bicyclic) bond motifs is 3. The highest BCUT2D eigenvalue weighted by atomic mass is 32.2. The smallest absolute Gasteiger partial charge is 0.243 e. The van der Waals surface area contributed by atoms with Gasteiger partial charge < -0.3 is 4.98 Å². The summed E-state index contributed by atoms with van der Waals surface area (Å²) in [6.45, 7) is 7.20. The van der Waals surface area contributed by atoms with Gasteiger partial charge in [-0.25, -0.2) is 8.42 Å². The molecule has 2 aromatic carbocycles. The third-order valence-corrected chi connectivity index (χ3v) is 7.14. The van der Waals surface area contributed by atoms with Crippen LogP contribution in [0.3, 0.4) is 0 Å². The molecular weight excluding hydrogens is 344 g/mol. The fourth-order valence-electron chi connectivity index (χ4n) is 3.68. The molecular formula is C21H24N2O2S. The first-order valence-corrected chi connectivity index (χ1v) is 10.5. The summed E-state index contributed by atoms with van der Waals surface area (Å²) in [5.41, 5.74) is 5.69. The topological polar surface area (TPSA) is 53.2 Å². The number of aromatic amines is 1. The Morgan fingerprint density at radius 3 is 2.50 bits per heavy atom.